The van der Waals surface area contributed by atoms with Crippen LogP contribution in [0.5, 0.6) is 0 Å². The lowest BCUT2D eigenvalue weighted by atomic mass is 9.78. The van der Waals surface area contributed by atoms with Crippen molar-refractivity contribution in [3.63, 3.8) is 0 Å². The molecule has 1 aromatic heterocycles. The number of halogens is 12. The smallest absolute Gasteiger partial charge is 0.353 e. The summed E-state index contributed by atoms with van der Waals surface area (Å²) in [6.07, 6.45) is -23.9. The van der Waals surface area contributed by atoms with Gasteiger partial charge in [-0.3, -0.25) is 0 Å². The zero-order chi connectivity index (χ0) is 28.7. The number of hydrogen-bond donors (Lipinski definition) is 1. The summed E-state index contributed by atoms with van der Waals surface area (Å²) in [5.41, 5.74) is -9.71. The molecular weight excluding hydrogens is 552 g/mol. The first-order chi connectivity index (χ1) is 17.3. The van der Waals surface area contributed by atoms with E-state index in [-0.39, 0.29) is 44.1 Å². The first-order valence-corrected chi connectivity index (χ1v) is 10.4. The topological polar surface area (TPSA) is 48.5 Å². The predicted molar refractivity (Wildman–Crippen MR) is 108 cm³/mol. The van der Waals surface area contributed by atoms with Crippen molar-refractivity contribution in [2.24, 2.45) is 0 Å². The fraction of sp³-hybridized carbons (Fsp3) is 0.429. The van der Waals surface area contributed by atoms with Crippen molar-refractivity contribution in [2.75, 3.05) is 36.4 Å². The number of rotatable bonds is 3. The number of piperazine rings is 1. The van der Waals surface area contributed by atoms with Crippen molar-refractivity contribution in [3.8, 4) is 0 Å². The molecule has 0 bridgehead atoms. The van der Waals surface area contributed by atoms with Crippen LogP contribution >= 0.6 is 0 Å². The van der Waals surface area contributed by atoms with Crippen LogP contribution < -0.4 is 10.2 Å². The number of carbonyl (C=O) groups is 1. The molecule has 3 rings (SSSR count). The third-order valence-electron chi connectivity index (χ3n) is 5.80. The van der Waals surface area contributed by atoms with Gasteiger partial charge in [-0.25, -0.2) is 9.78 Å². The third kappa shape index (κ3) is 5.27. The van der Waals surface area contributed by atoms with Crippen LogP contribution in [0.4, 0.5) is 69.0 Å². The average molecular weight is 568 g/mol. The van der Waals surface area contributed by atoms with Crippen molar-refractivity contribution in [3.05, 3.63) is 53.7 Å². The van der Waals surface area contributed by atoms with Crippen LogP contribution in [0.1, 0.15) is 11.1 Å². The van der Waals surface area contributed by atoms with Gasteiger partial charge >= 0.3 is 30.7 Å². The summed E-state index contributed by atoms with van der Waals surface area (Å²) in [4.78, 5) is 18.5. The number of anilines is 2. The number of nitrogens with one attached hydrogen (secondary N) is 1. The Morgan fingerprint density at radius 3 is 1.68 bits per heavy atom. The number of alkyl halides is 12. The molecule has 2 amide bonds. The molecule has 210 valence electrons. The van der Waals surface area contributed by atoms with Crippen LogP contribution in [-0.4, -0.2) is 60.6 Å². The van der Waals surface area contributed by atoms with E-state index in [0.717, 1.165) is 23.2 Å². The average Bonchev–Trinajstić information content (AvgIpc) is 2.77. The molecular formula is C21H16F12N4O. The van der Waals surface area contributed by atoms with E-state index < -0.39 is 53.0 Å². The van der Waals surface area contributed by atoms with Gasteiger partial charge in [0.2, 0.25) is 0 Å². The molecule has 1 aliphatic heterocycles. The molecule has 2 heterocycles. The molecule has 0 unspecified atom stereocenters. The SMILES string of the molecule is O=C(Nc1ccc(C(C(F)(F)F)(C(F)(F)F)C(F)(F)F)cc1)N1CCN(c2ncccc2C(F)(F)F)CC1. The summed E-state index contributed by atoms with van der Waals surface area (Å²) in [6, 6.07) is 1.82. The van der Waals surface area contributed by atoms with Gasteiger partial charge in [0.05, 0.1) is 5.56 Å². The minimum atomic E-state index is -6.78. The minimum Gasteiger partial charge on any atom is -0.353 e. The normalized spacial score (nSPS) is 16.0. The second-order valence-corrected chi connectivity index (χ2v) is 8.10. The number of urea groups is 1. The maximum atomic E-state index is 13.3. The summed E-state index contributed by atoms with van der Waals surface area (Å²) >= 11 is 0. The molecule has 38 heavy (non-hydrogen) atoms. The molecule has 5 nitrogen and oxygen atoms in total. The Morgan fingerprint density at radius 1 is 0.737 bits per heavy atom. The Labute approximate surface area is 206 Å². The molecule has 0 atom stereocenters. The monoisotopic (exact) mass is 568 g/mol. The van der Waals surface area contributed by atoms with E-state index in [1.807, 2.05) is 0 Å². The molecule has 17 heteroatoms. The second-order valence-electron chi connectivity index (χ2n) is 8.10. The molecule has 1 aromatic carbocycles. The molecule has 0 radical (unpaired) electrons. The molecule has 1 fully saturated rings. The minimum absolute atomic E-state index is 0.0399. The largest absolute Gasteiger partial charge is 0.419 e. The highest BCUT2D eigenvalue weighted by Crippen LogP contribution is 2.60. The maximum absolute atomic E-state index is 13.3. The first-order valence-electron chi connectivity index (χ1n) is 10.4. The highest BCUT2D eigenvalue weighted by atomic mass is 19.4. The van der Waals surface area contributed by atoms with Crippen molar-refractivity contribution in [2.45, 2.75) is 30.1 Å². The standard InChI is InChI=1S/C21H16F12N4O/c22-18(23,24)14-2-1-7-34-15(14)36-8-10-37(11-9-36)16(38)35-13-5-3-12(4-6-13)17(19(25,26)27,20(28,29)30)21(31,32)33/h1-7H,8-11H2,(H,35,38). The van der Waals surface area contributed by atoms with Crippen LogP contribution in [0.3, 0.4) is 0 Å². The van der Waals surface area contributed by atoms with Crippen LogP contribution in [0.25, 0.3) is 0 Å². The van der Waals surface area contributed by atoms with Crippen molar-refractivity contribution >= 4 is 17.5 Å². The summed E-state index contributed by atoms with van der Waals surface area (Å²) in [5.74, 6) is -0.363. The molecule has 1 aliphatic rings. The number of amides is 2. The molecule has 2 aromatic rings. The van der Waals surface area contributed by atoms with Gasteiger partial charge in [0, 0.05) is 38.1 Å². The van der Waals surface area contributed by atoms with Gasteiger partial charge in [0.15, 0.2) is 0 Å². The maximum Gasteiger partial charge on any atom is 0.419 e. The molecule has 1 saturated heterocycles. The summed E-state index contributed by atoms with van der Waals surface area (Å²) < 4.78 is 159. The Hall–Kier alpha value is -3.40. The second kappa shape index (κ2) is 9.72. The van der Waals surface area contributed by atoms with E-state index in [2.05, 4.69) is 10.3 Å². The van der Waals surface area contributed by atoms with Crippen molar-refractivity contribution < 1.29 is 57.5 Å². The van der Waals surface area contributed by atoms with E-state index in [9.17, 15) is 57.5 Å². The Kier molecular flexibility index (Phi) is 7.46. The predicted octanol–water partition coefficient (Wildman–Crippen LogP) is 6.38. The van der Waals surface area contributed by atoms with Crippen molar-refractivity contribution in [1.29, 1.82) is 0 Å². The molecule has 1 N–H and O–H groups in total. The van der Waals surface area contributed by atoms with E-state index in [0.29, 0.717) is 12.1 Å². The van der Waals surface area contributed by atoms with E-state index >= 15 is 0 Å². The quantitative estimate of drug-likeness (QED) is 0.438. The fourth-order valence-electron chi connectivity index (χ4n) is 3.97. The Balaban J connectivity index is 1.74. The Bertz CT molecular complexity index is 1100. The molecule has 0 aliphatic carbocycles. The van der Waals surface area contributed by atoms with Gasteiger partial charge in [0.25, 0.3) is 5.41 Å². The summed E-state index contributed by atoms with van der Waals surface area (Å²) in [5, 5.41) is 2.13. The first kappa shape index (κ1) is 29.2. The van der Waals surface area contributed by atoms with Gasteiger partial charge < -0.3 is 15.1 Å². The van der Waals surface area contributed by atoms with Crippen LogP contribution in [0, 0.1) is 0 Å². The van der Waals surface area contributed by atoms with Gasteiger partial charge in [-0.15, -0.1) is 0 Å². The van der Waals surface area contributed by atoms with E-state index in [4.69, 9.17) is 0 Å². The van der Waals surface area contributed by atoms with Gasteiger partial charge in [-0.2, -0.15) is 52.7 Å². The number of pyridine rings is 1. The zero-order valence-electron chi connectivity index (χ0n) is 18.7. The van der Waals surface area contributed by atoms with Gasteiger partial charge in [-0.1, -0.05) is 12.1 Å². The molecule has 0 saturated carbocycles. The van der Waals surface area contributed by atoms with Gasteiger partial charge in [0.1, 0.15) is 5.82 Å². The van der Waals surface area contributed by atoms with E-state index in [1.54, 1.807) is 0 Å². The van der Waals surface area contributed by atoms with Crippen LogP contribution in [-0.2, 0) is 11.6 Å². The van der Waals surface area contributed by atoms with E-state index in [1.165, 1.54) is 4.90 Å². The zero-order valence-corrected chi connectivity index (χ0v) is 18.7. The lowest BCUT2D eigenvalue weighted by Gasteiger charge is -2.39. The number of aromatic nitrogens is 1. The van der Waals surface area contributed by atoms with Crippen LogP contribution in [0.2, 0.25) is 0 Å². The fourth-order valence-corrected chi connectivity index (χ4v) is 3.97. The highest BCUT2D eigenvalue weighted by Gasteiger charge is 2.84. The highest BCUT2D eigenvalue weighted by molar-refractivity contribution is 5.89. The van der Waals surface area contributed by atoms with Gasteiger partial charge in [-0.05, 0) is 29.8 Å². The van der Waals surface area contributed by atoms with Crippen molar-refractivity contribution in [1.82, 2.24) is 9.88 Å². The van der Waals surface area contributed by atoms with Crippen LogP contribution in [0.15, 0.2) is 42.6 Å². The summed E-state index contributed by atoms with van der Waals surface area (Å²) in [6.45, 7) is -0.482. The lowest BCUT2D eigenvalue weighted by Crippen LogP contribution is -2.63. The number of nitrogens with zero attached hydrogens (tertiary/aromatic N) is 3. The lowest BCUT2D eigenvalue weighted by molar-refractivity contribution is -0.387. The number of benzene rings is 1. The third-order valence-corrected chi connectivity index (χ3v) is 5.80. The number of hydrogen-bond acceptors (Lipinski definition) is 3. The Morgan fingerprint density at radius 2 is 1.24 bits per heavy atom. The number of carbonyl (C=O) groups excluding carboxylic acids is 1. The summed E-state index contributed by atoms with van der Waals surface area (Å²) in [7, 11) is 0. The molecule has 0 spiro atoms.